The Kier molecular flexibility index (Phi) is 3.47. The van der Waals surface area contributed by atoms with Crippen molar-refractivity contribution in [3.63, 3.8) is 0 Å². The molecule has 1 aliphatic heterocycles. The molecule has 0 radical (unpaired) electrons. The van der Waals surface area contributed by atoms with E-state index >= 15 is 0 Å². The van der Waals surface area contributed by atoms with Crippen molar-refractivity contribution < 1.29 is 9.84 Å². The Morgan fingerprint density at radius 1 is 1.75 bits per heavy atom. The number of rotatable bonds is 2. The molecule has 2 heterocycles. The van der Waals surface area contributed by atoms with E-state index in [1.165, 1.54) is 16.3 Å². The summed E-state index contributed by atoms with van der Waals surface area (Å²) in [7, 11) is 0. The van der Waals surface area contributed by atoms with E-state index in [2.05, 4.69) is 4.98 Å². The van der Waals surface area contributed by atoms with Crippen molar-refractivity contribution in [2.24, 2.45) is 0 Å². The summed E-state index contributed by atoms with van der Waals surface area (Å²) in [6.07, 6.45) is 1.62. The molecule has 16 heavy (non-hydrogen) atoms. The Bertz CT molecular complexity index is 415. The number of nitrogens with zero attached hydrogens (tertiary/aromatic N) is 2. The summed E-state index contributed by atoms with van der Waals surface area (Å²) < 4.78 is 6.88. The maximum Gasteiger partial charge on any atom is 0.349 e. The van der Waals surface area contributed by atoms with Gasteiger partial charge in [-0.25, -0.2) is 4.79 Å². The largest absolute Gasteiger partial charge is 0.393 e. The molecule has 1 aromatic rings. The number of aromatic nitrogens is 2. The van der Waals surface area contributed by atoms with Crippen molar-refractivity contribution in [3.05, 3.63) is 22.7 Å². The first-order valence-electron chi connectivity index (χ1n) is 4.89. The van der Waals surface area contributed by atoms with E-state index in [0.717, 1.165) is 5.75 Å². The lowest BCUT2D eigenvalue weighted by Crippen LogP contribution is -2.35. The predicted octanol–water partition coefficient (Wildman–Crippen LogP) is -0.552. The number of ether oxygens (including phenoxy) is 1. The van der Waals surface area contributed by atoms with Gasteiger partial charge in [-0.2, -0.15) is 4.98 Å². The Morgan fingerprint density at radius 3 is 3.12 bits per heavy atom. The van der Waals surface area contributed by atoms with Crippen LogP contribution in [-0.4, -0.2) is 39.1 Å². The molecule has 0 aliphatic carbocycles. The van der Waals surface area contributed by atoms with Crippen LogP contribution in [0.25, 0.3) is 0 Å². The first-order chi connectivity index (χ1) is 7.70. The molecule has 3 N–H and O–H groups in total. The van der Waals surface area contributed by atoms with Gasteiger partial charge in [-0.1, -0.05) is 0 Å². The highest BCUT2D eigenvalue weighted by molar-refractivity contribution is 7.99. The Balaban J connectivity index is 2.11. The smallest absolute Gasteiger partial charge is 0.349 e. The van der Waals surface area contributed by atoms with Gasteiger partial charge in [0.15, 0.2) is 0 Å². The fourth-order valence-electron chi connectivity index (χ4n) is 1.50. The zero-order valence-electron chi connectivity index (χ0n) is 8.57. The molecule has 0 aromatic carbocycles. The zero-order valence-corrected chi connectivity index (χ0v) is 9.39. The van der Waals surface area contributed by atoms with Crippen molar-refractivity contribution in [1.82, 2.24) is 9.55 Å². The number of aliphatic hydroxyl groups is 1. The van der Waals surface area contributed by atoms with Crippen LogP contribution >= 0.6 is 11.8 Å². The number of hydrogen-bond donors (Lipinski definition) is 2. The van der Waals surface area contributed by atoms with Gasteiger partial charge >= 0.3 is 5.69 Å². The topological polar surface area (TPSA) is 90.4 Å². The average molecular weight is 243 g/mol. The van der Waals surface area contributed by atoms with E-state index in [9.17, 15) is 4.79 Å². The fourth-order valence-corrected chi connectivity index (χ4v) is 2.48. The third-order valence-corrected chi connectivity index (χ3v) is 3.58. The van der Waals surface area contributed by atoms with Crippen molar-refractivity contribution in [2.45, 2.75) is 11.5 Å². The number of anilines is 1. The molecule has 2 atom stereocenters. The summed E-state index contributed by atoms with van der Waals surface area (Å²) in [5.41, 5.74) is 4.86. The maximum atomic E-state index is 11.5. The van der Waals surface area contributed by atoms with Gasteiger partial charge in [0.1, 0.15) is 11.3 Å². The maximum absolute atomic E-state index is 11.5. The van der Waals surface area contributed by atoms with Crippen LogP contribution in [0.2, 0.25) is 0 Å². The van der Waals surface area contributed by atoms with E-state index < -0.39 is 0 Å². The van der Waals surface area contributed by atoms with Gasteiger partial charge in [-0.3, -0.25) is 4.57 Å². The van der Waals surface area contributed by atoms with E-state index in [0.29, 0.717) is 6.61 Å². The molecule has 1 aliphatic rings. The SMILES string of the molecule is Nc1ccn([C@H]2CO[C@@H](CO)SC2)c(=O)n1. The van der Waals surface area contributed by atoms with Crippen LogP contribution in [0, 0.1) is 0 Å². The van der Waals surface area contributed by atoms with Crippen LogP contribution in [0.4, 0.5) is 5.82 Å². The molecule has 1 fully saturated rings. The molecular formula is C9H13N3O3S. The van der Waals surface area contributed by atoms with Gasteiger partial charge in [0.25, 0.3) is 0 Å². The second kappa shape index (κ2) is 4.86. The Morgan fingerprint density at radius 2 is 2.56 bits per heavy atom. The molecule has 1 aromatic heterocycles. The molecular weight excluding hydrogens is 230 g/mol. The third kappa shape index (κ3) is 2.37. The van der Waals surface area contributed by atoms with Crippen LogP contribution in [0.15, 0.2) is 17.1 Å². The molecule has 7 heteroatoms. The molecule has 2 rings (SSSR count). The lowest BCUT2D eigenvalue weighted by Gasteiger charge is -2.28. The second-order valence-electron chi connectivity index (χ2n) is 3.47. The first kappa shape index (κ1) is 11.4. The molecule has 6 nitrogen and oxygen atoms in total. The van der Waals surface area contributed by atoms with Crippen LogP contribution in [-0.2, 0) is 4.74 Å². The normalized spacial score (nSPS) is 25.6. The van der Waals surface area contributed by atoms with E-state index in [4.69, 9.17) is 15.6 Å². The third-order valence-electron chi connectivity index (χ3n) is 2.34. The standard InChI is InChI=1S/C9H13N3O3S/c10-7-1-2-12(9(14)11-7)6-4-15-8(3-13)16-5-6/h1-2,6,8,13H,3-5H2,(H2,10,11,14)/t6-,8+/m0/s1. The number of nitrogen functional groups attached to an aromatic ring is 1. The van der Waals surface area contributed by atoms with Gasteiger partial charge in [0.05, 0.1) is 19.3 Å². The van der Waals surface area contributed by atoms with Gasteiger partial charge in [-0.15, -0.1) is 11.8 Å². The fraction of sp³-hybridized carbons (Fsp3) is 0.556. The van der Waals surface area contributed by atoms with E-state index in [1.807, 2.05) is 0 Å². The van der Waals surface area contributed by atoms with Gasteiger partial charge in [0.2, 0.25) is 0 Å². The highest BCUT2D eigenvalue weighted by atomic mass is 32.2. The number of nitrogens with two attached hydrogens (primary N) is 1. The highest BCUT2D eigenvalue weighted by Gasteiger charge is 2.23. The molecule has 0 spiro atoms. The molecule has 0 amide bonds. The lowest BCUT2D eigenvalue weighted by atomic mass is 10.3. The van der Waals surface area contributed by atoms with Crippen LogP contribution < -0.4 is 11.4 Å². The van der Waals surface area contributed by atoms with Gasteiger partial charge in [0, 0.05) is 11.9 Å². The molecule has 88 valence electrons. The van der Waals surface area contributed by atoms with Crippen molar-refractivity contribution >= 4 is 17.6 Å². The van der Waals surface area contributed by atoms with Crippen LogP contribution in [0.3, 0.4) is 0 Å². The minimum atomic E-state index is -0.364. The summed E-state index contributed by atoms with van der Waals surface area (Å²) in [4.78, 5) is 15.2. The monoisotopic (exact) mass is 243 g/mol. The second-order valence-corrected chi connectivity index (χ2v) is 4.67. The molecule has 0 bridgehead atoms. The summed E-state index contributed by atoms with van der Waals surface area (Å²) in [6, 6.07) is 1.54. The average Bonchev–Trinajstić information content (AvgIpc) is 2.29. The first-order valence-corrected chi connectivity index (χ1v) is 5.94. The number of thioether (sulfide) groups is 1. The highest BCUT2D eigenvalue weighted by Crippen LogP contribution is 2.25. The molecule has 0 saturated carbocycles. The Hall–Kier alpha value is -1.05. The van der Waals surface area contributed by atoms with E-state index in [1.54, 1.807) is 12.3 Å². The Labute approximate surface area is 96.4 Å². The number of hydrogen-bond acceptors (Lipinski definition) is 6. The van der Waals surface area contributed by atoms with Crippen molar-refractivity contribution in [2.75, 3.05) is 24.7 Å². The summed E-state index contributed by atoms with van der Waals surface area (Å²) in [5.74, 6) is 0.940. The zero-order chi connectivity index (χ0) is 11.5. The quantitative estimate of drug-likeness (QED) is 0.724. The summed E-state index contributed by atoms with van der Waals surface area (Å²) in [5, 5.41) is 8.90. The predicted molar refractivity (Wildman–Crippen MR) is 61.2 cm³/mol. The van der Waals surface area contributed by atoms with Crippen LogP contribution in [0.1, 0.15) is 6.04 Å². The molecule has 1 saturated heterocycles. The van der Waals surface area contributed by atoms with Crippen molar-refractivity contribution in [1.29, 1.82) is 0 Å². The van der Waals surface area contributed by atoms with E-state index in [-0.39, 0.29) is 29.6 Å². The number of aliphatic hydroxyl groups excluding tert-OH is 1. The van der Waals surface area contributed by atoms with Crippen molar-refractivity contribution in [3.8, 4) is 0 Å². The lowest BCUT2D eigenvalue weighted by molar-refractivity contribution is 0.0435. The molecule has 0 unspecified atom stereocenters. The van der Waals surface area contributed by atoms with Crippen LogP contribution in [0.5, 0.6) is 0 Å². The van der Waals surface area contributed by atoms with Gasteiger partial charge < -0.3 is 15.6 Å². The minimum absolute atomic E-state index is 0.00767. The summed E-state index contributed by atoms with van der Waals surface area (Å²) in [6.45, 7) is 0.399. The minimum Gasteiger partial charge on any atom is -0.393 e. The van der Waals surface area contributed by atoms with Gasteiger partial charge in [-0.05, 0) is 6.07 Å². The summed E-state index contributed by atoms with van der Waals surface area (Å²) >= 11 is 1.49.